The molecule has 4 rings (SSSR count). The Bertz CT molecular complexity index is 1070. The zero-order valence-corrected chi connectivity index (χ0v) is 15.1. The Labute approximate surface area is 154 Å². The molecule has 0 fully saturated rings. The molecule has 0 aliphatic rings. The summed E-state index contributed by atoms with van der Waals surface area (Å²) in [4.78, 5) is 4.49. The van der Waals surface area contributed by atoms with Gasteiger partial charge < -0.3 is 9.26 Å². The van der Waals surface area contributed by atoms with Gasteiger partial charge in [-0.3, -0.25) is 4.40 Å². The smallest absolute Gasteiger partial charge is 0.231 e. The number of aromatic nitrogens is 5. The van der Waals surface area contributed by atoms with Crippen LogP contribution >= 0.6 is 11.6 Å². The van der Waals surface area contributed by atoms with Crippen LogP contribution in [0, 0.1) is 0 Å². The summed E-state index contributed by atoms with van der Waals surface area (Å²) in [5.74, 6) is 2.56. The fraction of sp³-hybridized carbons (Fsp3) is 0.222. The summed E-state index contributed by atoms with van der Waals surface area (Å²) >= 11 is 6.16. The minimum absolute atomic E-state index is 0.492. The topological polar surface area (TPSA) is 78.3 Å². The zero-order valence-electron chi connectivity index (χ0n) is 14.3. The molecule has 7 nitrogen and oxygen atoms in total. The molecule has 3 heterocycles. The van der Waals surface area contributed by atoms with Gasteiger partial charge in [0, 0.05) is 18.2 Å². The molecule has 0 unspecified atom stereocenters. The molecule has 0 N–H and O–H groups in total. The highest BCUT2D eigenvalue weighted by Gasteiger charge is 2.12. The van der Waals surface area contributed by atoms with Crippen molar-refractivity contribution in [2.24, 2.45) is 0 Å². The predicted molar refractivity (Wildman–Crippen MR) is 96.5 cm³/mol. The summed E-state index contributed by atoms with van der Waals surface area (Å²) in [7, 11) is 1.59. The quantitative estimate of drug-likeness (QED) is 0.535. The maximum Gasteiger partial charge on any atom is 0.231 e. The maximum absolute atomic E-state index is 6.16. The van der Waals surface area contributed by atoms with E-state index in [4.69, 9.17) is 20.9 Å². The summed E-state index contributed by atoms with van der Waals surface area (Å²) in [6.45, 7) is 2.04. The number of fused-ring (bicyclic) bond motifs is 1. The number of hydrogen-bond acceptors (Lipinski definition) is 6. The van der Waals surface area contributed by atoms with Crippen molar-refractivity contribution in [3.63, 3.8) is 0 Å². The summed E-state index contributed by atoms with van der Waals surface area (Å²) in [6, 6.07) is 9.37. The number of rotatable bonds is 5. The summed E-state index contributed by atoms with van der Waals surface area (Å²) in [5, 5.41) is 12.9. The molecule has 0 saturated carbocycles. The van der Waals surface area contributed by atoms with Crippen molar-refractivity contribution in [2.45, 2.75) is 19.8 Å². The van der Waals surface area contributed by atoms with Gasteiger partial charge in [0.1, 0.15) is 11.6 Å². The number of aryl methyl sites for hydroxylation is 1. The summed E-state index contributed by atoms with van der Waals surface area (Å²) < 4.78 is 12.5. The van der Waals surface area contributed by atoms with Crippen molar-refractivity contribution < 1.29 is 9.26 Å². The lowest BCUT2D eigenvalue weighted by Crippen LogP contribution is -1.94. The van der Waals surface area contributed by atoms with Crippen LogP contribution in [0.2, 0.25) is 5.02 Å². The second-order valence-corrected chi connectivity index (χ2v) is 6.18. The molecular formula is C18H16ClN5O2. The average Bonchev–Trinajstić information content (AvgIpc) is 3.28. The van der Waals surface area contributed by atoms with Gasteiger partial charge in [-0.15, -0.1) is 10.2 Å². The summed E-state index contributed by atoms with van der Waals surface area (Å²) in [5.41, 5.74) is 2.60. The van der Waals surface area contributed by atoms with E-state index in [0.29, 0.717) is 28.9 Å². The van der Waals surface area contributed by atoms with Crippen LogP contribution in [0.15, 0.2) is 41.1 Å². The molecule has 4 aromatic rings. The number of halogens is 1. The van der Waals surface area contributed by atoms with Crippen molar-refractivity contribution in [1.82, 2.24) is 24.7 Å². The molecular weight excluding hydrogens is 354 g/mol. The van der Waals surface area contributed by atoms with Gasteiger partial charge in [-0.25, -0.2) is 0 Å². The van der Waals surface area contributed by atoms with Gasteiger partial charge in [-0.1, -0.05) is 29.7 Å². The number of hydrogen-bond donors (Lipinski definition) is 0. The first-order chi connectivity index (χ1) is 12.7. The molecule has 0 aliphatic carbocycles. The molecule has 8 heteroatoms. The van der Waals surface area contributed by atoms with Gasteiger partial charge in [0.25, 0.3) is 0 Å². The van der Waals surface area contributed by atoms with Crippen LogP contribution in [0.1, 0.15) is 24.2 Å². The van der Waals surface area contributed by atoms with Crippen LogP contribution in [0.3, 0.4) is 0 Å². The highest BCUT2D eigenvalue weighted by atomic mass is 35.5. The van der Waals surface area contributed by atoms with Crippen LogP contribution in [-0.2, 0) is 12.8 Å². The molecule has 0 spiro atoms. The highest BCUT2D eigenvalue weighted by Crippen LogP contribution is 2.26. The first-order valence-electron chi connectivity index (χ1n) is 8.17. The van der Waals surface area contributed by atoms with Crippen LogP contribution < -0.4 is 4.74 Å². The van der Waals surface area contributed by atoms with Gasteiger partial charge in [-0.2, -0.15) is 4.98 Å². The summed E-state index contributed by atoms with van der Waals surface area (Å²) in [6.07, 6.45) is 3.21. The van der Waals surface area contributed by atoms with Crippen LogP contribution in [0.25, 0.3) is 17.0 Å². The van der Waals surface area contributed by atoms with E-state index < -0.39 is 0 Å². The first kappa shape index (κ1) is 16.5. The molecule has 3 aromatic heterocycles. The number of methoxy groups -OCH3 is 1. The largest absolute Gasteiger partial charge is 0.495 e. The lowest BCUT2D eigenvalue weighted by molar-refractivity contribution is 0.385. The Morgan fingerprint density at radius 1 is 1.19 bits per heavy atom. The van der Waals surface area contributed by atoms with Gasteiger partial charge in [0.2, 0.25) is 11.7 Å². The second kappa shape index (κ2) is 6.76. The van der Waals surface area contributed by atoms with Crippen molar-refractivity contribution >= 4 is 17.2 Å². The third-order valence-corrected chi connectivity index (χ3v) is 4.38. The van der Waals surface area contributed by atoms with Crippen LogP contribution in [-0.4, -0.2) is 31.8 Å². The second-order valence-electron chi connectivity index (χ2n) is 5.77. The van der Waals surface area contributed by atoms with Crippen molar-refractivity contribution in [2.75, 3.05) is 7.11 Å². The Hall–Kier alpha value is -2.93. The lowest BCUT2D eigenvalue weighted by Gasteiger charge is -2.04. The normalized spacial score (nSPS) is 11.2. The monoisotopic (exact) mass is 369 g/mol. The van der Waals surface area contributed by atoms with E-state index in [2.05, 4.69) is 20.3 Å². The number of ether oxygens (including phenoxy) is 1. The Kier molecular flexibility index (Phi) is 4.30. The lowest BCUT2D eigenvalue weighted by atomic mass is 10.1. The number of benzene rings is 1. The van der Waals surface area contributed by atoms with E-state index >= 15 is 0 Å². The molecule has 0 atom stereocenters. The van der Waals surface area contributed by atoms with E-state index in [1.807, 2.05) is 47.9 Å². The van der Waals surface area contributed by atoms with Gasteiger partial charge in [-0.05, 0) is 29.8 Å². The van der Waals surface area contributed by atoms with E-state index in [9.17, 15) is 0 Å². The molecule has 0 radical (unpaired) electrons. The minimum Gasteiger partial charge on any atom is -0.495 e. The average molecular weight is 370 g/mol. The van der Waals surface area contributed by atoms with Crippen LogP contribution in [0.4, 0.5) is 0 Å². The van der Waals surface area contributed by atoms with Crippen LogP contribution in [0.5, 0.6) is 5.75 Å². The van der Waals surface area contributed by atoms with Crippen molar-refractivity contribution in [3.05, 3.63) is 58.8 Å². The molecule has 1 aromatic carbocycles. The Morgan fingerprint density at radius 3 is 2.85 bits per heavy atom. The Morgan fingerprint density at radius 2 is 2.08 bits per heavy atom. The van der Waals surface area contributed by atoms with E-state index in [0.717, 1.165) is 29.0 Å². The fourth-order valence-corrected chi connectivity index (χ4v) is 3.03. The molecule has 0 aliphatic heterocycles. The third-order valence-electron chi connectivity index (χ3n) is 4.09. The predicted octanol–water partition coefficient (Wildman–Crippen LogP) is 3.59. The fourth-order valence-electron chi connectivity index (χ4n) is 2.75. The molecule has 26 heavy (non-hydrogen) atoms. The number of pyridine rings is 1. The number of nitrogens with zero attached hydrogens (tertiary/aromatic N) is 5. The SMILES string of the molecule is CCc1nnc2ccc(-c3noc(Cc4ccc(OC)c(Cl)c4)n3)cn12. The standard InChI is InChI=1S/C18H16ClN5O2/c1-3-15-21-22-16-7-5-12(10-24(15)16)18-20-17(26-23-18)9-11-4-6-14(25-2)13(19)8-11/h4-8,10H,3,9H2,1-2H3. The highest BCUT2D eigenvalue weighted by molar-refractivity contribution is 6.32. The van der Waals surface area contributed by atoms with Gasteiger partial charge >= 0.3 is 0 Å². The first-order valence-corrected chi connectivity index (χ1v) is 8.54. The molecule has 0 saturated heterocycles. The molecule has 132 valence electrons. The van der Waals surface area contributed by atoms with E-state index in [1.165, 1.54) is 0 Å². The zero-order chi connectivity index (χ0) is 18.1. The molecule has 0 amide bonds. The van der Waals surface area contributed by atoms with E-state index in [-0.39, 0.29) is 0 Å². The van der Waals surface area contributed by atoms with E-state index in [1.54, 1.807) is 7.11 Å². The van der Waals surface area contributed by atoms with Gasteiger partial charge in [0.15, 0.2) is 5.65 Å². The van der Waals surface area contributed by atoms with Gasteiger partial charge in [0.05, 0.1) is 18.6 Å². The Balaban J connectivity index is 1.60. The minimum atomic E-state index is 0.492. The third kappa shape index (κ3) is 3.01. The van der Waals surface area contributed by atoms with Crippen molar-refractivity contribution in [3.8, 4) is 17.1 Å². The molecule has 0 bridgehead atoms. The maximum atomic E-state index is 6.16. The van der Waals surface area contributed by atoms with Crippen molar-refractivity contribution in [1.29, 1.82) is 0 Å².